The molecule has 1 N–H and O–H groups in total. The van der Waals surface area contributed by atoms with Gasteiger partial charge in [0.15, 0.2) is 0 Å². The predicted octanol–water partition coefficient (Wildman–Crippen LogP) is 1.42. The minimum absolute atomic E-state index is 0.0654. The smallest absolute Gasteiger partial charge is 0.215 e. The summed E-state index contributed by atoms with van der Waals surface area (Å²) in [7, 11) is -3.35. The first-order chi connectivity index (χ1) is 7.64. The predicted molar refractivity (Wildman–Crippen MR) is 61.1 cm³/mol. The zero-order valence-corrected chi connectivity index (χ0v) is 9.39. The lowest BCUT2D eigenvalue weighted by Crippen LogP contribution is -2.27. The lowest BCUT2D eigenvalue weighted by molar-refractivity contribution is 0.581. The van der Waals surface area contributed by atoms with Crippen LogP contribution in [0, 0.1) is 0 Å². The van der Waals surface area contributed by atoms with Gasteiger partial charge in [0, 0.05) is 18.0 Å². The molecule has 0 fully saturated rings. The van der Waals surface area contributed by atoms with E-state index in [0.717, 1.165) is 5.56 Å². The second kappa shape index (κ2) is 6.12. The number of nitrogens with one attached hydrogen (secondary N) is 1. The largest absolute Gasteiger partial charge is 0.215 e. The molecular weight excluding hydrogens is 228 g/mol. The third-order valence-electron chi connectivity index (χ3n) is 1.80. The Kier molecular flexibility index (Phi) is 4.78. The number of nitrogens with zero attached hydrogens (tertiary/aromatic N) is 3. The second-order valence-corrected chi connectivity index (χ2v) is 4.90. The summed E-state index contributed by atoms with van der Waals surface area (Å²) in [4.78, 5) is 2.53. The van der Waals surface area contributed by atoms with Gasteiger partial charge < -0.3 is 0 Å². The topological polar surface area (TPSA) is 94.9 Å². The van der Waals surface area contributed by atoms with E-state index in [2.05, 4.69) is 14.7 Å². The minimum atomic E-state index is -3.35. The van der Waals surface area contributed by atoms with Crippen molar-refractivity contribution in [3.05, 3.63) is 46.3 Å². The third kappa shape index (κ3) is 4.79. The molecule has 16 heavy (non-hydrogen) atoms. The molecule has 6 nitrogen and oxygen atoms in total. The highest BCUT2D eigenvalue weighted by Crippen LogP contribution is 2.03. The van der Waals surface area contributed by atoms with Crippen molar-refractivity contribution in [3.63, 3.8) is 0 Å². The van der Waals surface area contributed by atoms with E-state index in [0.29, 0.717) is 0 Å². The third-order valence-corrected chi connectivity index (χ3v) is 3.15. The van der Waals surface area contributed by atoms with Crippen LogP contribution in [0.3, 0.4) is 0 Å². The van der Waals surface area contributed by atoms with E-state index in [1.54, 1.807) is 24.3 Å². The zero-order valence-electron chi connectivity index (χ0n) is 8.57. The van der Waals surface area contributed by atoms with E-state index in [9.17, 15) is 8.42 Å². The van der Waals surface area contributed by atoms with Gasteiger partial charge in [-0.15, -0.1) is 0 Å². The van der Waals surface area contributed by atoms with Gasteiger partial charge in [0.25, 0.3) is 0 Å². The molecule has 1 rings (SSSR count). The number of rotatable bonds is 6. The number of benzene rings is 1. The monoisotopic (exact) mass is 240 g/mol. The first kappa shape index (κ1) is 12.5. The van der Waals surface area contributed by atoms with E-state index in [-0.39, 0.29) is 18.8 Å². The van der Waals surface area contributed by atoms with Gasteiger partial charge in [-0.05, 0) is 11.1 Å². The van der Waals surface area contributed by atoms with E-state index >= 15 is 0 Å². The van der Waals surface area contributed by atoms with Crippen LogP contribution in [-0.4, -0.2) is 21.5 Å². The van der Waals surface area contributed by atoms with Crippen LogP contribution in [0.2, 0.25) is 0 Å². The summed E-state index contributed by atoms with van der Waals surface area (Å²) in [6.45, 7) is 0.240. The molecule has 0 saturated heterocycles. The molecule has 0 unspecified atom stereocenters. The molecule has 0 amide bonds. The van der Waals surface area contributed by atoms with Gasteiger partial charge in [-0.2, -0.15) is 0 Å². The molecule has 86 valence electrons. The number of sulfonamides is 1. The fourth-order valence-electron chi connectivity index (χ4n) is 1.14. The van der Waals surface area contributed by atoms with E-state index in [4.69, 9.17) is 5.53 Å². The molecule has 0 spiro atoms. The van der Waals surface area contributed by atoms with Gasteiger partial charge in [0.1, 0.15) is 0 Å². The molecular formula is C9H12N4O2S. The molecule has 7 heteroatoms. The van der Waals surface area contributed by atoms with Crippen LogP contribution in [0.1, 0.15) is 5.56 Å². The Morgan fingerprint density at radius 1 is 1.31 bits per heavy atom. The first-order valence-electron chi connectivity index (χ1n) is 4.66. The summed E-state index contributed by atoms with van der Waals surface area (Å²) < 4.78 is 25.4. The number of azide groups is 1. The normalized spacial score (nSPS) is 10.8. The van der Waals surface area contributed by atoms with Gasteiger partial charge in [-0.1, -0.05) is 35.4 Å². The highest BCUT2D eigenvalue weighted by atomic mass is 32.2. The van der Waals surface area contributed by atoms with Crippen LogP contribution >= 0.6 is 0 Å². The van der Waals surface area contributed by atoms with Crippen molar-refractivity contribution < 1.29 is 8.42 Å². The Bertz CT molecular complexity index is 466. The second-order valence-electron chi connectivity index (χ2n) is 3.09. The van der Waals surface area contributed by atoms with E-state index in [1.807, 2.05) is 6.07 Å². The molecule has 0 aliphatic heterocycles. The molecule has 0 heterocycles. The van der Waals surface area contributed by atoms with Crippen molar-refractivity contribution in [1.29, 1.82) is 0 Å². The Morgan fingerprint density at radius 3 is 2.62 bits per heavy atom. The Labute approximate surface area is 94.0 Å². The van der Waals surface area contributed by atoms with Crippen molar-refractivity contribution in [3.8, 4) is 0 Å². The highest BCUT2D eigenvalue weighted by molar-refractivity contribution is 7.88. The quantitative estimate of drug-likeness (QED) is 0.352. The van der Waals surface area contributed by atoms with E-state index < -0.39 is 10.0 Å². The van der Waals surface area contributed by atoms with Crippen LogP contribution in [0.4, 0.5) is 0 Å². The summed E-state index contributed by atoms with van der Waals surface area (Å²) in [5.74, 6) is -0.0654. The fourth-order valence-corrected chi connectivity index (χ4v) is 2.28. The van der Waals surface area contributed by atoms with Crippen molar-refractivity contribution in [2.75, 3.05) is 13.1 Å². The first-order valence-corrected chi connectivity index (χ1v) is 6.31. The number of hydrogen-bond donors (Lipinski definition) is 1. The van der Waals surface area contributed by atoms with E-state index in [1.165, 1.54) is 0 Å². The molecule has 1 aromatic carbocycles. The average Bonchev–Trinajstić information content (AvgIpc) is 2.25. The van der Waals surface area contributed by atoms with Gasteiger partial charge in [0.2, 0.25) is 10.0 Å². The SMILES string of the molecule is [N-]=[N+]=NCCNS(=O)(=O)Cc1ccccc1. The zero-order chi connectivity index (χ0) is 11.9. The minimum Gasteiger partial charge on any atom is -0.215 e. The van der Waals surface area contributed by atoms with Crippen molar-refractivity contribution in [1.82, 2.24) is 4.72 Å². The van der Waals surface area contributed by atoms with Crippen LogP contribution in [0.5, 0.6) is 0 Å². The summed E-state index contributed by atoms with van der Waals surface area (Å²) in [6.07, 6.45) is 0. The molecule has 0 atom stereocenters. The van der Waals surface area contributed by atoms with Crippen molar-refractivity contribution >= 4 is 10.0 Å². The molecule has 1 aromatic rings. The Hall–Kier alpha value is -1.56. The lowest BCUT2D eigenvalue weighted by Gasteiger charge is -2.04. The molecule has 0 bridgehead atoms. The molecule has 0 aliphatic carbocycles. The van der Waals surface area contributed by atoms with Gasteiger partial charge in [0.05, 0.1) is 5.75 Å². The summed E-state index contributed by atoms with van der Waals surface area (Å²) in [6, 6.07) is 8.88. The standard InChI is InChI=1S/C9H12N4O2S/c10-13-11-6-7-12-16(14,15)8-9-4-2-1-3-5-9/h1-5,12H,6-8H2. The molecule has 0 saturated carbocycles. The van der Waals surface area contributed by atoms with Crippen LogP contribution in [-0.2, 0) is 15.8 Å². The van der Waals surface area contributed by atoms with Gasteiger partial charge in [-0.25, -0.2) is 13.1 Å². The molecule has 0 aliphatic rings. The lowest BCUT2D eigenvalue weighted by atomic mass is 10.2. The summed E-state index contributed by atoms with van der Waals surface area (Å²) >= 11 is 0. The Balaban J connectivity index is 2.49. The van der Waals surface area contributed by atoms with Crippen LogP contribution in [0.15, 0.2) is 35.4 Å². The Morgan fingerprint density at radius 2 is 2.00 bits per heavy atom. The van der Waals surface area contributed by atoms with Crippen molar-refractivity contribution in [2.45, 2.75) is 5.75 Å². The fraction of sp³-hybridized carbons (Fsp3) is 0.333. The molecule has 0 radical (unpaired) electrons. The summed E-state index contributed by atoms with van der Waals surface area (Å²) in [5.41, 5.74) is 8.73. The average molecular weight is 240 g/mol. The maximum atomic E-state index is 11.5. The summed E-state index contributed by atoms with van der Waals surface area (Å²) in [5, 5.41) is 3.24. The van der Waals surface area contributed by atoms with Gasteiger partial charge >= 0.3 is 0 Å². The maximum Gasteiger partial charge on any atom is 0.215 e. The maximum absolute atomic E-state index is 11.5. The van der Waals surface area contributed by atoms with Crippen LogP contribution < -0.4 is 4.72 Å². The van der Waals surface area contributed by atoms with Crippen LogP contribution in [0.25, 0.3) is 10.4 Å². The highest BCUT2D eigenvalue weighted by Gasteiger charge is 2.09. The number of hydrogen-bond acceptors (Lipinski definition) is 3. The van der Waals surface area contributed by atoms with Gasteiger partial charge in [-0.3, -0.25) is 0 Å². The van der Waals surface area contributed by atoms with Crippen molar-refractivity contribution in [2.24, 2.45) is 5.11 Å². The molecule has 0 aromatic heterocycles.